The first kappa shape index (κ1) is 9.03. The molecule has 3 heteroatoms. The number of aliphatic hydroxyl groups excluding tert-OH is 1. The van der Waals surface area contributed by atoms with Crippen LogP contribution in [-0.2, 0) is 0 Å². The third-order valence-electron chi connectivity index (χ3n) is 1.42. The minimum absolute atomic E-state index is 0.0942. The van der Waals surface area contributed by atoms with Gasteiger partial charge in [0.05, 0.1) is 0 Å². The van der Waals surface area contributed by atoms with E-state index in [1.807, 2.05) is 19.1 Å². The maximum Gasteiger partial charge on any atom is 0.186 e. The molecule has 0 bridgehead atoms. The standard InChI is InChI=1S/C9H12O3/c1-7-2-4-8(5-3-7)12-6-9(10)11/h2-5,9-11H,6H2,1H3. The lowest BCUT2D eigenvalue weighted by Crippen LogP contribution is -2.15. The molecule has 0 atom stereocenters. The van der Waals surface area contributed by atoms with Crippen LogP contribution in [-0.4, -0.2) is 23.1 Å². The van der Waals surface area contributed by atoms with Crippen molar-refractivity contribution in [3.63, 3.8) is 0 Å². The second kappa shape index (κ2) is 4.09. The van der Waals surface area contributed by atoms with Crippen molar-refractivity contribution >= 4 is 0 Å². The van der Waals surface area contributed by atoms with E-state index in [9.17, 15) is 0 Å². The summed E-state index contributed by atoms with van der Waals surface area (Å²) in [5, 5.41) is 17.0. The summed E-state index contributed by atoms with van der Waals surface area (Å²) in [5.41, 5.74) is 1.15. The third kappa shape index (κ3) is 2.90. The smallest absolute Gasteiger partial charge is 0.186 e. The average Bonchev–Trinajstić information content (AvgIpc) is 2.03. The topological polar surface area (TPSA) is 49.7 Å². The highest BCUT2D eigenvalue weighted by Gasteiger charge is 1.97. The van der Waals surface area contributed by atoms with Crippen LogP contribution < -0.4 is 4.74 Å². The molecule has 0 spiro atoms. The van der Waals surface area contributed by atoms with Crippen LogP contribution in [0.15, 0.2) is 24.3 Å². The number of ether oxygens (including phenoxy) is 1. The van der Waals surface area contributed by atoms with E-state index in [0.29, 0.717) is 5.75 Å². The van der Waals surface area contributed by atoms with Crippen LogP contribution in [0.1, 0.15) is 5.56 Å². The first-order chi connectivity index (χ1) is 5.68. The molecule has 1 aromatic carbocycles. The Kier molecular flexibility index (Phi) is 3.08. The van der Waals surface area contributed by atoms with E-state index >= 15 is 0 Å². The summed E-state index contributed by atoms with van der Waals surface area (Å²) in [5.74, 6) is 0.647. The summed E-state index contributed by atoms with van der Waals surface area (Å²) in [6.45, 7) is 1.88. The lowest BCUT2D eigenvalue weighted by atomic mass is 10.2. The Bertz CT molecular complexity index is 228. The summed E-state index contributed by atoms with van der Waals surface area (Å²) in [4.78, 5) is 0. The zero-order chi connectivity index (χ0) is 8.97. The molecule has 0 saturated heterocycles. The molecule has 0 radical (unpaired) electrons. The molecule has 1 aromatic rings. The van der Waals surface area contributed by atoms with Gasteiger partial charge in [-0.1, -0.05) is 17.7 Å². The molecular formula is C9H12O3. The number of hydrogen-bond acceptors (Lipinski definition) is 3. The third-order valence-corrected chi connectivity index (χ3v) is 1.42. The number of aliphatic hydroxyl groups is 2. The maximum atomic E-state index is 8.50. The molecule has 0 aliphatic rings. The maximum absolute atomic E-state index is 8.50. The molecule has 0 amide bonds. The van der Waals surface area contributed by atoms with Gasteiger partial charge in [-0.2, -0.15) is 0 Å². The molecular weight excluding hydrogens is 156 g/mol. The van der Waals surface area contributed by atoms with Gasteiger partial charge in [0.1, 0.15) is 12.4 Å². The van der Waals surface area contributed by atoms with Crippen molar-refractivity contribution in [1.29, 1.82) is 0 Å². The van der Waals surface area contributed by atoms with Gasteiger partial charge in [-0.05, 0) is 19.1 Å². The molecule has 0 fully saturated rings. The van der Waals surface area contributed by atoms with Gasteiger partial charge in [0.2, 0.25) is 0 Å². The van der Waals surface area contributed by atoms with Gasteiger partial charge in [0.25, 0.3) is 0 Å². The van der Waals surface area contributed by atoms with E-state index in [0.717, 1.165) is 5.56 Å². The minimum atomic E-state index is -1.41. The molecule has 0 unspecified atom stereocenters. The number of hydrogen-bond donors (Lipinski definition) is 2. The van der Waals surface area contributed by atoms with Crippen LogP contribution in [0.3, 0.4) is 0 Å². The Hall–Kier alpha value is -1.06. The molecule has 1 rings (SSSR count). The van der Waals surface area contributed by atoms with Crippen molar-refractivity contribution in [2.24, 2.45) is 0 Å². The summed E-state index contributed by atoms with van der Waals surface area (Å²) >= 11 is 0. The van der Waals surface area contributed by atoms with Crippen LogP contribution in [0.2, 0.25) is 0 Å². The highest BCUT2D eigenvalue weighted by Crippen LogP contribution is 2.11. The summed E-state index contributed by atoms with van der Waals surface area (Å²) < 4.78 is 5.02. The molecule has 0 aromatic heterocycles. The molecule has 12 heavy (non-hydrogen) atoms. The molecule has 0 saturated carbocycles. The van der Waals surface area contributed by atoms with Gasteiger partial charge in [0, 0.05) is 0 Å². The van der Waals surface area contributed by atoms with E-state index in [1.54, 1.807) is 12.1 Å². The monoisotopic (exact) mass is 168 g/mol. The fourth-order valence-electron chi connectivity index (χ4n) is 0.805. The molecule has 3 nitrogen and oxygen atoms in total. The Morgan fingerprint density at radius 2 is 1.83 bits per heavy atom. The number of aryl methyl sites for hydroxylation is 1. The van der Waals surface area contributed by atoms with Crippen molar-refractivity contribution in [2.75, 3.05) is 6.61 Å². The van der Waals surface area contributed by atoms with Crippen molar-refractivity contribution in [1.82, 2.24) is 0 Å². The minimum Gasteiger partial charge on any atom is -0.488 e. The van der Waals surface area contributed by atoms with Gasteiger partial charge >= 0.3 is 0 Å². The average molecular weight is 168 g/mol. The Balaban J connectivity index is 2.48. The highest BCUT2D eigenvalue weighted by molar-refractivity contribution is 5.26. The van der Waals surface area contributed by atoms with Gasteiger partial charge in [-0.15, -0.1) is 0 Å². The van der Waals surface area contributed by atoms with Crippen LogP contribution in [0.4, 0.5) is 0 Å². The van der Waals surface area contributed by atoms with Gasteiger partial charge in [0.15, 0.2) is 6.29 Å². The molecule has 0 aliphatic heterocycles. The van der Waals surface area contributed by atoms with Crippen molar-refractivity contribution in [2.45, 2.75) is 13.2 Å². The molecule has 66 valence electrons. The summed E-state index contributed by atoms with van der Waals surface area (Å²) in [6.07, 6.45) is -1.41. The summed E-state index contributed by atoms with van der Waals surface area (Å²) in [7, 11) is 0. The predicted molar refractivity (Wildman–Crippen MR) is 44.9 cm³/mol. The fraction of sp³-hybridized carbons (Fsp3) is 0.333. The Morgan fingerprint density at radius 3 is 2.33 bits per heavy atom. The molecule has 2 N–H and O–H groups in total. The van der Waals surface area contributed by atoms with Crippen LogP contribution in [0.25, 0.3) is 0 Å². The van der Waals surface area contributed by atoms with E-state index in [2.05, 4.69) is 0 Å². The van der Waals surface area contributed by atoms with Crippen molar-refractivity contribution in [3.05, 3.63) is 29.8 Å². The van der Waals surface area contributed by atoms with Gasteiger partial charge in [-0.3, -0.25) is 0 Å². The lowest BCUT2D eigenvalue weighted by Gasteiger charge is -2.06. The van der Waals surface area contributed by atoms with Crippen LogP contribution >= 0.6 is 0 Å². The number of benzene rings is 1. The zero-order valence-electron chi connectivity index (χ0n) is 6.90. The quantitative estimate of drug-likeness (QED) is 0.653. The van der Waals surface area contributed by atoms with E-state index in [1.165, 1.54) is 0 Å². The van der Waals surface area contributed by atoms with Crippen molar-refractivity contribution in [3.8, 4) is 5.75 Å². The molecule has 0 aliphatic carbocycles. The summed E-state index contributed by atoms with van der Waals surface area (Å²) in [6, 6.07) is 7.38. The Morgan fingerprint density at radius 1 is 1.25 bits per heavy atom. The normalized spacial score (nSPS) is 10.3. The second-order valence-corrected chi connectivity index (χ2v) is 2.60. The fourth-order valence-corrected chi connectivity index (χ4v) is 0.805. The largest absolute Gasteiger partial charge is 0.488 e. The van der Waals surface area contributed by atoms with E-state index < -0.39 is 6.29 Å². The SMILES string of the molecule is Cc1ccc(OCC(O)O)cc1. The lowest BCUT2D eigenvalue weighted by molar-refractivity contribution is -0.0680. The van der Waals surface area contributed by atoms with Crippen LogP contribution in [0.5, 0.6) is 5.75 Å². The number of rotatable bonds is 3. The van der Waals surface area contributed by atoms with E-state index in [-0.39, 0.29) is 6.61 Å². The van der Waals surface area contributed by atoms with Crippen LogP contribution in [0, 0.1) is 6.92 Å². The first-order valence-electron chi connectivity index (χ1n) is 3.74. The molecule has 0 heterocycles. The van der Waals surface area contributed by atoms with Crippen molar-refractivity contribution < 1.29 is 14.9 Å². The highest BCUT2D eigenvalue weighted by atomic mass is 16.5. The van der Waals surface area contributed by atoms with Gasteiger partial charge < -0.3 is 14.9 Å². The first-order valence-corrected chi connectivity index (χ1v) is 3.74. The van der Waals surface area contributed by atoms with Gasteiger partial charge in [-0.25, -0.2) is 0 Å². The van der Waals surface area contributed by atoms with E-state index in [4.69, 9.17) is 14.9 Å². The predicted octanol–water partition coefficient (Wildman–Crippen LogP) is 0.685. The Labute approximate surface area is 71.2 Å². The zero-order valence-corrected chi connectivity index (χ0v) is 6.90. The second-order valence-electron chi connectivity index (χ2n) is 2.60.